The van der Waals surface area contributed by atoms with Crippen LogP contribution in [-0.2, 0) is 6.54 Å². The minimum Gasteiger partial charge on any atom is -1.00 e. The zero-order chi connectivity index (χ0) is 18.6. The Hall–Kier alpha value is -2.29. The van der Waals surface area contributed by atoms with E-state index in [2.05, 4.69) is 0 Å². The fourth-order valence-corrected chi connectivity index (χ4v) is 3.89. The van der Waals surface area contributed by atoms with Crippen LogP contribution in [0.3, 0.4) is 0 Å². The standard InChI is InChI=1S/C20H20N2O4S.BrH/c1-24-16-5-3-15(4-6-16)21-20-22(8-9-23)17(13-27-20)14-2-7-18-19(12-14)26-11-10-25-18;/h2-7,12-13,23H,8-11H2,1H3;1H/p-1. The molecule has 6 nitrogen and oxygen atoms in total. The number of hydrogen-bond donors (Lipinski definition) is 1. The summed E-state index contributed by atoms with van der Waals surface area (Å²) >= 11 is 1.54. The Morgan fingerprint density at radius 2 is 1.86 bits per heavy atom. The van der Waals surface area contributed by atoms with Crippen molar-refractivity contribution in [1.82, 2.24) is 4.57 Å². The lowest BCUT2D eigenvalue weighted by Gasteiger charge is -2.19. The third kappa shape index (κ3) is 4.24. The van der Waals surface area contributed by atoms with Crippen molar-refractivity contribution >= 4 is 17.0 Å². The van der Waals surface area contributed by atoms with E-state index >= 15 is 0 Å². The predicted octanol–water partition coefficient (Wildman–Crippen LogP) is 0.225. The molecular formula is C20H20BrN2O4S-. The van der Waals surface area contributed by atoms with Crippen molar-refractivity contribution in [2.45, 2.75) is 6.54 Å². The molecule has 0 saturated carbocycles. The molecule has 28 heavy (non-hydrogen) atoms. The van der Waals surface area contributed by atoms with Crippen molar-refractivity contribution in [2.24, 2.45) is 4.99 Å². The molecule has 0 spiro atoms. The van der Waals surface area contributed by atoms with Gasteiger partial charge in [-0.25, -0.2) is 4.99 Å². The van der Waals surface area contributed by atoms with E-state index in [0.29, 0.717) is 19.8 Å². The van der Waals surface area contributed by atoms with E-state index in [1.54, 1.807) is 7.11 Å². The molecule has 2 heterocycles. The van der Waals surface area contributed by atoms with Gasteiger partial charge in [0.05, 0.1) is 25.1 Å². The SMILES string of the molecule is COc1ccc(N=c2scc(-c3ccc4c(c3)OCCO4)n2CCO)cc1.[Br-]. The fraction of sp³-hybridized carbons (Fsp3) is 0.250. The summed E-state index contributed by atoms with van der Waals surface area (Å²) in [7, 11) is 1.64. The van der Waals surface area contributed by atoms with Crippen LogP contribution < -0.4 is 36.0 Å². The number of aliphatic hydroxyl groups excluding tert-OH is 1. The van der Waals surface area contributed by atoms with Crippen LogP contribution in [0.25, 0.3) is 11.3 Å². The van der Waals surface area contributed by atoms with Crippen LogP contribution in [0.15, 0.2) is 52.8 Å². The third-order valence-electron chi connectivity index (χ3n) is 4.26. The van der Waals surface area contributed by atoms with Crippen molar-refractivity contribution in [1.29, 1.82) is 0 Å². The van der Waals surface area contributed by atoms with Crippen molar-refractivity contribution in [3.63, 3.8) is 0 Å². The number of benzene rings is 2. The normalized spacial score (nSPS) is 13.1. The number of nitrogens with zero attached hydrogens (tertiary/aromatic N) is 2. The van der Waals surface area contributed by atoms with Gasteiger partial charge in [-0.3, -0.25) is 0 Å². The molecule has 0 fully saturated rings. The summed E-state index contributed by atoms with van der Waals surface area (Å²) < 4.78 is 18.5. The highest BCUT2D eigenvalue weighted by Gasteiger charge is 2.15. The first-order valence-corrected chi connectivity index (χ1v) is 9.54. The Morgan fingerprint density at radius 3 is 2.57 bits per heavy atom. The minimum absolute atomic E-state index is 0. The van der Waals surface area contributed by atoms with Crippen LogP contribution in [-0.4, -0.2) is 36.6 Å². The van der Waals surface area contributed by atoms with E-state index in [-0.39, 0.29) is 23.6 Å². The summed E-state index contributed by atoms with van der Waals surface area (Å²) in [5, 5.41) is 11.6. The average Bonchev–Trinajstić information content (AvgIpc) is 3.11. The number of thiazole rings is 1. The van der Waals surface area contributed by atoms with Crippen LogP contribution in [0.5, 0.6) is 17.2 Å². The summed E-state index contributed by atoms with van der Waals surface area (Å²) in [5.41, 5.74) is 2.82. The predicted molar refractivity (Wildman–Crippen MR) is 104 cm³/mol. The molecule has 4 rings (SSSR count). The molecule has 1 N–H and O–H groups in total. The van der Waals surface area contributed by atoms with Gasteiger partial charge in [0, 0.05) is 17.5 Å². The molecule has 0 aliphatic carbocycles. The minimum atomic E-state index is 0. The number of methoxy groups -OCH3 is 1. The number of fused-ring (bicyclic) bond motifs is 1. The molecule has 1 aromatic heterocycles. The van der Waals surface area contributed by atoms with Gasteiger partial charge in [-0.05, 0) is 42.5 Å². The monoisotopic (exact) mass is 463 g/mol. The number of aromatic nitrogens is 1. The molecule has 0 bridgehead atoms. The molecule has 1 aliphatic rings. The number of aliphatic hydroxyl groups is 1. The van der Waals surface area contributed by atoms with Crippen LogP contribution in [0.4, 0.5) is 5.69 Å². The lowest BCUT2D eigenvalue weighted by molar-refractivity contribution is -0.00000737. The summed E-state index contributed by atoms with van der Waals surface area (Å²) in [6.07, 6.45) is 0. The van der Waals surface area contributed by atoms with Crippen LogP contribution in [0.2, 0.25) is 0 Å². The third-order valence-corrected chi connectivity index (χ3v) is 5.12. The van der Waals surface area contributed by atoms with Gasteiger partial charge in [0.15, 0.2) is 16.3 Å². The number of ether oxygens (including phenoxy) is 3. The van der Waals surface area contributed by atoms with E-state index in [4.69, 9.17) is 19.2 Å². The Morgan fingerprint density at radius 1 is 1.11 bits per heavy atom. The van der Waals surface area contributed by atoms with Gasteiger partial charge in [-0.15, -0.1) is 11.3 Å². The lowest BCUT2D eigenvalue weighted by atomic mass is 10.1. The number of rotatable bonds is 5. The first-order chi connectivity index (χ1) is 13.3. The van der Waals surface area contributed by atoms with E-state index in [9.17, 15) is 5.11 Å². The van der Waals surface area contributed by atoms with Crippen LogP contribution >= 0.6 is 11.3 Å². The fourth-order valence-electron chi connectivity index (χ4n) is 2.94. The summed E-state index contributed by atoms with van der Waals surface area (Å²) in [6, 6.07) is 13.5. The van der Waals surface area contributed by atoms with Gasteiger partial charge in [0.1, 0.15) is 19.0 Å². The highest BCUT2D eigenvalue weighted by Crippen LogP contribution is 2.34. The zero-order valence-corrected chi connectivity index (χ0v) is 17.7. The average molecular weight is 464 g/mol. The molecule has 1 aliphatic heterocycles. The molecule has 0 atom stereocenters. The topological polar surface area (TPSA) is 65.2 Å². The summed E-state index contributed by atoms with van der Waals surface area (Å²) in [5.74, 6) is 2.30. The Balaban J connectivity index is 0.00000225. The molecule has 3 aromatic rings. The van der Waals surface area contributed by atoms with Gasteiger partial charge < -0.3 is 40.9 Å². The second-order valence-electron chi connectivity index (χ2n) is 5.95. The van der Waals surface area contributed by atoms with Crippen molar-refractivity contribution in [3.05, 3.63) is 52.6 Å². The van der Waals surface area contributed by atoms with Crippen LogP contribution in [0, 0.1) is 0 Å². The molecule has 0 radical (unpaired) electrons. The van der Waals surface area contributed by atoms with E-state index in [0.717, 1.165) is 39.0 Å². The van der Waals surface area contributed by atoms with Crippen molar-refractivity contribution in [2.75, 3.05) is 26.9 Å². The second kappa shape index (κ2) is 9.27. The van der Waals surface area contributed by atoms with Gasteiger partial charge in [0.25, 0.3) is 0 Å². The highest BCUT2D eigenvalue weighted by molar-refractivity contribution is 7.07. The van der Waals surface area contributed by atoms with E-state index in [1.165, 1.54) is 11.3 Å². The van der Waals surface area contributed by atoms with Gasteiger partial charge in [0.2, 0.25) is 0 Å². The zero-order valence-electron chi connectivity index (χ0n) is 15.3. The highest BCUT2D eigenvalue weighted by atomic mass is 79.9. The lowest BCUT2D eigenvalue weighted by Crippen LogP contribution is -3.00. The molecule has 8 heteroatoms. The largest absolute Gasteiger partial charge is 1.00 e. The molecule has 0 saturated heterocycles. The Kier molecular flexibility index (Phi) is 6.77. The summed E-state index contributed by atoms with van der Waals surface area (Å²) in [4.78, 5) is 5.55. The maximum Gasteiger partial charge on any atom is 0.190 e. The number of hydrogen-bond acceptors (Lipinski definition) is 6. The van der Waals surface area contributed by atoms with Crippen molar-refractivity contribution < 1.29 is 36.3 Å². The molecular weight excluding hydrogens is 444 g/mol. The second-order valence-corrected chi connectivity index (χ2v) is 6.78. The van der Waals surface area contributed by atoms with Gasteiger partial charge >= 0.3 is 0 Å². The molecule has 148 valence electrons. The van der Waals surface area contributed by atoms with Crippen LogP contribution in [0.1, 0.15) is 0 Å². The van der Waals surface area contributed by atoms with Crippen molar-refractivity contribution in [3.8, 4) is 28.5 Å². The Labute approximate surface area is 177 Å². The summed E-state index contributed by atoms with van der Waals surface area (Å²) in [6.45, 7) is 1.61. The molecule has 0 amide bonds. The van der Waals surface area contributed by atoms with Gasteiger partial charge in [-0.1, -0.05) is 0 Å². The maximum absolute atomic E-state index is 9.54. The molecule has 2 aromatic carbocycles. The van der Waals surface area contributed by atoms with E-state index in [1.807, 2.05) is 52.4 Å². The maximum atomic E-state index is 9.54. The quantitative estimate of drug-likeness (QED) is 0.587. The number of halogens is 1. The van der Waals surface area contributed by atoms with E-state index < -0.39 is 0 Å². The molecule has 0 unspecified atom stereocenters. The first-order valence-electron chi connectivity index (χ1n) is 8.66. The first kappa shape index (κ1) is 20.4. The van der Waals surface area contributed by atoms with Gasteiger partial charge in [-0.2, -0.15) is 0 Å². The Bertz CT molecular complexity index is 998. The smallest absolute Gasteiger partial charge is 0.190 e.